The molecular weight excluding hydrogens is 186 g/mol. The van der Waals surface area contributed by atoms with Crippen LogP contribution < -0.4 is 0 Å². The van der Waals surface area contributed by atoms with Crippen LogP contribution >= 0.6 is 0 Å². The van der Waals surface area contributed by atoms with Gasteiger partial charge < -0.3 is 5.21 Å². The van der Waals surface area contributed by atoms with Crippen LogP contribution in [0, 0.1) is 17.3 Å². The van der Waals surface area contributed by atoms with Gasteiger partial charge in [-0.3, -0.25) is 0 Å². The molecule has 0 aromatic rings. The fourth-order valence-corrected chi connectivity index (χ4v) is 3.15. The fourth-order valence-electron chi connectivity index (χ4n) is 3.15. The highest BCUT2D eigenvalue weighted by Crippen LogP contribution is 2.51. The van der Waals surface area contributed by atoms with E-state index in [1.807, 2.05) is 0 Å². The van der Waals surface area contributed by atoms with Gasteiger partial charge in [-0.1, -0.05) is 37.6 Å². The van der Waals surface area contributed by atoms with Crippen molar-refractivity contribution in [2.45, 2.75) is 46.5 Å². The molecule has 0 amide bonds. The Morgan fingerprint density at radius 1 is 1.47 bits per heavy atom. The van der Waals surface area contributed by atoms with Crippen molar-refractivity contribution >= 4 is 5.71 Å². The molecule has 1 fully saturated rings. The maximum atomic E-state index is 8.84. The summed E-state index contributed by atoms with van der Waals surface area (Å²) in [5.74, 6) is 1.53. The Hall–Kier alpha value is -0.790. The molecule has 2 aliphatic rings. The van der Waals surface area contributed by atoms with Crippen molar-refractivity contribution in [1.82, 2.24) is 0 Å². The van der Waals surface area contributed by atoms with Crippen LogP contribution in [0.5, 0.6) is 0 Å². The molecule has 1 saturated carbocycles. The van der Waals surface area contributed by atoms with Crippen molar-refractivity contribution in [1.29, 1.82) is 0 Å². The van der Waals surface area contributed by atoms with Crippen LogP contribution in [0.3, 0.4) is 0 Å². The summed E-state index contributed by atoms with van der Waals surface area (Å²) in [6.45, 7) is 7.10. The summed E-state index contributed by atoms with van der Waals surface area (Å²) in [6, 6.07) is 0. The molecule has 0 aromatic carbocycles. The molecule has 84 valence electrons. The highest BCUT2D eigenvalue weighted by molar-refractivity contribution is 5.87. The molecule has 2 nitrogen and oxygen atoms in total. The standard InChI is InChI=1S/C13H21NO/c1-9-4-5-11-8-12(14-15)6-7-13(11,3)10(9)2/h5,9-10,15H,4,6-8H2,1-3H3/b14-12+. The van der Waals surface area contributed by atoms with Crippen molar-refractivity contribution < 1.29 is 5.21 Å². The maximum Gasteiger partial charge on any atom is 0.0611 e. The summed E-state index contributed by atoms with van der Waals surface area (Å²) in [5.41, 5.74) is 2.82. The molecule has 1 N–H and O–H groups in total. The van der Waals surface area contributed by atoms with Gasteiger partial charge in [0.25, 0.3) is 0 Å². The number of fused-ring (bicyclic) bond motifs is 1. The zero-order valence-corrected chi connectivity index (χ0v) is 9.95. The van der Waals surface area contributed by atoms with Gasteiger partial charge in [0.15, 0.2) is 0 Å². The smallest absolute Gasteiger partial charge is 0.0611 e. The zero-order valence-electron chi connectivity index (χ0n) is 9.95. The van der Waals surface area contributed by atoms with Crippen molar-refractivity contribution in [2.75, 3.05) is 0 Å². The van der Waals surface area contributed by atoms with Crippen LogP contribution in [-0.4, -0.2) is 10.9 Å². The molecule has 0 spiro atoms. The lowest BCUT2D eigenvalue weighted by Gasteiger charge is -2.47. The van der Waals surface area contributed by atoms with Crippen LogP contribution in [0.4, 0.5) is 0 Å². The van der Waals surface area contributed by atoms with Gasteiger partial charge >= 0.3 is 0 Å². The van der Waals surface area contributed by atoms with E-state index >= 15 is 0 Å². The Labute approximate surface area is 92.1 Å². The van der Waals surface area contributed by atoms with Crippen LogP contribution in [0.2, 0.25) is 0 Å². The summed E-state index contributed by atoms with van der Waals surface area (Å²) in [4.78, 5) is 0. The minimum Gasteiger partial charge on any atom is -0.411 e. The largest absolute Gasteiger partial charge is 0.411 e. The van der Waals surface area contributed by atoms with Gasteiger partial charge in [0.2, 0.25) is 0 Å². The van der Waals surface area contributed by atoms with Crippen molar-refractivity contribution in [3.63, 3.8) is 0 Å². The van der Waals surface area contributed by atoms with E-state index in [1.54, 1.807) is 0 Å². The number of allylic oxidation sites excluding steroid dienone is 2. The Balaban J connectivity index is 2.30. The number of oxime groups is 1. The number of rotatable bonds is 0. The Morgan fingerprint density at radius 2 is 2.20 bits per heavy atom. The second kappa shape index (κ2) is 3.66. The highest BCUT2D eigenvalue weighted by Gasteiger charge is 2.42. The first-order valence-electron chi connectivity index (χ1n) is 5.97. The summed E-state index contributed by atoms with van der Waals surface area (Å²) < 4.78 is 0. The van der Waals surface area contributed by atoms with Crippen LogP contribution in [0.15, 0.2) is 16.8 Å². The first-order valence-corrected chi connectivity index (χ1v) is 5.97. The normalized spacial score (nSPS) is 43.7. The minimum atomic E-state index is 0.353. The van der Waals surface area contributed by atoms with Crippen molar-refractivity contribution in [2.24, 2.45) is 22.4 Å². The number of nitrogens with zero attached hydrogens (tertiary/aromatic N) is 1. The van der Waals surface area contributed by atoms with E-state index in [1.165, 1.54) is 12.0 Å². The maximum absolute atomic E-state index is 8.84. The van der Waals surface area contributed by atoms with Crippen LogP contribution in [-0.2, 0) is 0 Å². The molecule has 15 heavy (non-hydrogen) atoms. The van der Waals surface area contributed by atoms with Crippen molar-refractivity contribution in [3.05, 3.63) is 11.6 Å². The summed E-state index contributed by atoms with van der Waals surface area (Å²) >= 11 is 0. The molecule has 0 saturated heterocycles. The average molecular weight is 207 g/mol. The zero-order chi connectivity index (χ0) is 11.1. The molecule has 2 rings (SSSR count). The molecular formula is C13H21NO. The third-order valence-electron chi connectivity index (χ3n) is 4.80. The molecule has 3 unspecified atom stereocenters. The molecule has 3 atom stereocenters. The van der Waals surface area contributed by atoms with E-state index < -0.39 is 0 Å². The Morgan fingerprint density at radius 3 is 2.87 bits per heavy atom. The van der Waals surface area contributed by atoms with Gasteiger partial charge in [-0.2, -0.15) is 0 Å². The van der Waals surface area contributed by atoms with Gasteiger partial charge in [-0.15, -0.1) is 0 Å². The molecule has 2 aliphatic carbocycles. The first kappa shape index (κ1) is 10.7. The highest BCUT2D eigenvalue weighted by atomic mass is 16.4. The second-order valence-electron chi connectivity index (χ2n) is 5.49. The summed E-state index contributed by atoms with van der Waals surface area (Å²) in [5, 5.41) is 12.2. The van der Waals surface area contributed by atoms with Gasteiger partial charge in [0.1, 0.15) is 0 Å². The van der Waals surface area contributed by atoms with E-state index in [9.17, 15) is 0 Å². The molecule has 2 heteroatoms. The van der Waals surface area contributed by atoms with Gasteiger partial charge in [-0.25, -0.2) is 0 Å². The third-order valence-corrected chi connectivity index (χ3v) is 4.80. The minimum absolute atomic E-state index is 0.353. The third kappa shape index (κ3) is 1.60. The lowest BCUT2D eigenvalue weighted by Crippen LogP contribution is -2.39. The molecule has 0 heterocycles. The molecule has 0 aromatic heterocycles. The Bertz CT molecular complexity index is 318. The molecule has 0 radical (unpaired) electrons. The van der Waals surface area contributed by atoms with E-state index in [-0.39, 0.29) is 0 Å². The molecule has 0 bridgehead atoms. The number of hydrogen-bond acceptors (Lipinski definition) is 2. The first-order chi connectivity index (χ1) is 7.08. The van der Waals surface area contributed by atoms with Gasteiger partial charge in [0, 0.05) is 6.42 Å². The summed E-state index contributed by atoms with van der Waals surface area (Å²) in [6.07, 6.45) is 6.56. The van der Waals surface area contributed by atoms with Crippen LogP contribution in [0.1, 0.15) is 46.5 Å². The van der Waals surface area contributed by atoms with E-state index in [0.29, 0.717) is 5.41 Å². The van der Waals surface area contributed by atoms with E-state index in [4.69, 9.17) is 5.21 Å². The summed E-state index contributed by atoms with van der Waals surface area (Å²) in [7, 11) is 0. The predicted molar refractivity (Wildman–Crippen MR) is 62.2 cm³/mol. The van der Waals surface area contributed by atoms with Gasteiger partial charge in [-0.05, 0) is 36.5 Å². The average Bonchev–Trinajstić information content (AvgIpc) is 2.25. The second-order valence-corrected chi connectivity index (χ2v) is 5.49. The van der Waals surface area contributed by atoms with E-state index in [2.05, 4.69) is 32.0 Å². The monoisotopic (exact) mass is 207 g/mol. The topological polar surface area (TPSA) is 32.6 Å². The van der Waals surface area contributed by atoms with E-state index in [0.717, 1.165) is 36.8 Å². The lowest BCUT2D eigenvalue weighted by molar-refractivity contribution is 0.150. The quantitative estimate of drug-likeness (QED) is 0.367. The predicted octanol–water partition coefficient (Wildman–Crippen LogP) is 3.61. The SMILES string of the molecule is CC1CC=C2C/C(=N/O)CCC2(C)C1C. The molecule has 0 aliphatic heterocycles. The van der Waals surface area contributed by atoms with Gasteiger partial charge in [0.05, 0.1) is 5.71 Å². The lowest BCUT2D eigenvalue weighted by atomic mass is 9.58. The fraction of sp³-hybridized carbons (Fsp3) is 0.769. The Kier molecular flexibility index (Phi) is 2.61. The number of hydrogen-bond donors (Lipinski definition) is 1. The van der Waals surface area contributed by atoms with Crippen molar-refractivity contribution in [3.8, 4) is 0 Å². The van der Waals surface area contributed by atoms with Crippen LogP contribution in [0.25, 0.3) is 0 Å².